The SMILES string of the molecule is COc1ccc(C(Br)c2ccc(Br)cc2C)c(Br)c1. The molecule has 1 nitrogen and oxygen atoms in total. The number of alkyl halides is 1. The van der Waals surface area contributed by atoms with Crippen molar-refractivity contribution in [2.75, 3.05) is 7.11 Å². The highest BCUT2D eigenvalue weighted by Crippen LogP contribution is 2.38. The molecule has 0 N–H and O–H groups in total. The molecule has 2 aromatic rings. The lowest BCUT2D eigenvalue weighted by molar-refractivity contribution is 0.414. The highest BCUT2D eigenvalue weighted by molar-refractivity contribution is 9.11. The highest BCUT2D eigenvalue weighted by atomic mass is 79.9. The van der Waals surface area contributed by atoms with E-state index in [1.54, 1.807) is 7.11 Å². The van der Waals surface area contributed by atoms with Crippen molar-refractivity contribution in [3.63, 3.8) is 0 Å². The molecule has 1 unspecified atom stereocenters. The highest BCUT2D eigenvalue weighted by Gasteiger charge is 2.16. The number of methoxy groups -OCH3 is 1. The fourth-order valence-corrected chi connectivity index (χ4v) is 4.21. The standard InChI is InChI=1S/C15H13Br3O/c1-9-7-10(16)3-5-12(9)15(18)13-6-4-11(19-2)8-14(13)17/h3-8,15H,1-2H3. The Morgan fingerprint density at radius 1 is 1.00 bits per heavy atom. The van der Waals surface area contributed by atoms with Gasteiger partial charge in [0.05, 0.1) is 11.9 Å². The third kappa shape index (κ3) is 3.41. The van der Waals surface area contributed by atoms with Crippen molar-refractivity contribution in [2.45, 2.75) is 11.8 Å². The summed E-state index contributed by atoms with van der Waals surface area (Å²) in [5.74, 6) is 0.850. The number of halogens is 3. The van der Waals surface area contributed by atoms with Gasteiger partial charge in [0.15, 0.2) is 0 Å². The van der Waals surface area contributed by atoms with Crippen LogP contribution >= 0.6 is 47.8 Å². The Morgan fingerprint density at radius 2 is 1.68 bits per heavy atom. The minimum atomic E-state index is 0.154. The van der Waals surface area contributed by atoms with Gasteiger partial charge in [-0.25, -0.2) is 0 Å². The average molecular weight is 449 g/mol. The monoisotopic (exact) mass is 446 g/mol. The number of hydrogen-bond acceptors (Lipinski definition) is 1. The normalized spacial score (nSPS) is 12.3. The van der Waals surface area contributed by atoms with Crippen LogP contribution in [0.4, 0.5) is 0 Å². The second-order valence-corrected chi connectivity index (χ2v) is 6.94. The molecule has 0 spiro atoms. The minimum absolute atomic E-state index is 0.154. The van der Waals surface area contributed by atoms with E-state index in [1.165, 1.54) is 16.7 Å². The number of benzene rings is 2. The van der Waals surface area contributed by atoms with Crippen LogP contribution in [0.2, 0.25) is 0 Å². The maximum Gasteiger partial charge on any atom is 0.120 e. The van der Waals surface area contributed by atoms with Crippen LogP contribution < -0.4 is 4.74 Å². The van der Waals surface area contributed by atoms with E-state index in [9.17, 15) is 0 Å². The maximum atomic E-state index is 5.22. The van der Waals surface area contributed by atoms with Crippen molar-refractivity contribution < 1.29 is 4.74 Å². The third-order valence-corrected chi connectivity index (χ3v) is 5.15. The van der Waals surface area contributed by atoms with Crippen LogP contribution in [0, 0.1) is 6.92 Å². The van der Waals surface area contributed by atoms with Gasteiger partial charge < -0.3 is 4.74 Å². The van der Waals surface area contributed by atoms with Crippen molar-refractivity contribution in [2.24, 2.45) is 0 Å². The van der Waals surface area contributed by atoms with Gasteiger partial charge in [-0.3, -0.25) is 0 Å². The first-order valence-electron chi connectivity index (χ1n) is 5.76. The summed E-state index contributed by atoms with van der Waals surface area (Å²) in [5, 5.41) is 0. The second-order valence-electron chi connectivity index (χ2n) is 4.25. The Labute approximate surface area is 138 Å². The van der Waals surface area contributed by atoms with E-state index in [-0.39, 0.29) is 4.83 Å². The molecular formula is C15H13Br3O. The van der Waals surface area contributed by atoms with Crippen LogP contribution in [-0.4, -0.2) is 7.11 Å². The molecule has 0 saturated heterocycles. The van der Waals surface area contributed by atoms with Crippen molar-refractivity contribution in [1.29, 1.82) is 0 Å². The van der Waals surface area contributed by atoms with Gasteiger partial charge in [0.25, 0.3) is 0 Å². The predicted octanol–water partition coefficient (Wildman–Crippen LogP) is 6.01. The Bertz CT molecular complexity index is 596. The molecule has 0 fully saturated rings. The van der Waals surface area contributed by atoms with Crippen LogP contribution in [-0.2, 0) is 0 Å². The molecule has 0 aliphatic rings. The number of rotatable bonds is 3. The largest absolute Gasteiger partial charge is 0.497 e. The molecule has 19 heavy (non-hydrogen) atoms. The quantitative estimate of drug-likeness (QED) is 0.522. The van der Waals surface area contributed by atoms with Crippen LogP contribution in [0.25, 0.3) is 0 Å². The molecule has 0 bridgehead atoms. The van der Waals surface area contributed by atoms with Crippen LogP contribution in [0.3, 0.4) is 0 Å². The van der Waals surface area contributed by atoms with E-state index in [1.807, 2.05) is 12.1 Å². The summed E-state index contributed by atoms with van der Waals surface area (Å²) in [4.78, 5) is 0.154. The Balaban J connectivity index is 2.41. The molecule has 1 atom stereocenters. The minimum Gasteiger partial charge on any atom is -0.497 e. The van der Waals surface area contributed by atoms with Gasteiger partial charge in [-0.2, -0.15) is 0 Å². The number of hydrogen-bond donors (Lipinski definition) is 0. The van der Waals surface area contributed by atoms with Crippen LogP contribution in [0.5, 0.6) is 5.75 Å². The smallest absolute Gasteiger partial charge is 0.120 e. The Morgan fingerprint density at radius 3 is 2.26 bits per heavy atom. The molecule has 0 aliphatic carbocycles. The number of ether oxygens (including phenoxy) is 1. The van der Waals surface area contributed by atoms with Crippen molar-refractivity contribution in [3.05, 3.63) is 62.0 Å². The van der Waals surface area contributed by atoms with Crippen molar-refractivity contribution >= 4 is 47.8 Å². The van der Waals surface area contributed by atoms with E-state index in [0.717, 1.165) is 14.7 Å². The fraction of sp³-hybridized carbons (Fsp3) is 0.200. The lowest BCUT2D eigenvalue weighted by Gasteiger charge is -2.16. The summed E-state index contributed by atoms with van der Waals surface area (Å²) in [7, 11) is 1.67. The van der Waals surface area contributed by atoms with Crippen molar-refractivity contribution in [1.82, 2.24) is 0 Å². The second kappa shape index (κ2) is 6.42. The first-order chi connectivity index (χ1) is 9.02. The van der Waals surface area contributed by atoms with E-state index < -0.39 is 0 Å². The molecule has 100 valence electrons. The van der Waals surface area contributed by atoms with Gasteiger partial charge in [-0.05, 0) is 47.9 Å². The van der Waals surface area contributed by atoms with Gasteiger partial charge >= 0.3 is 0 Å². The molecule has 0 saturated carbocycles. The Hall–Kier alpha value is -0.320. The molecule has 0 radical (unpaired) electrons. The van der Waals surface area contributed by atoms with Crippen LogP contribution in [0.1, 0.15) is 21.5 Å². The molecule has 0 aromatic heterocycles. The molecule has 4 heteroatoms. The summed E-state index contributed by atoms with van der Waals surface area (Å²) in [6.07, 6.45) is 0. The molecule has 0 amide bonds. The predicted molar refractivity (Wildman–Crippen MR) is 90.3 cm³/mol. The lowest BCUT2D eigenvalue weighted by atomic mass is 10.0. The first-order valence-corrected chi connectivity index (χ1v) is 8.26. The van der Waals surface area contributed by atoms with Gasteiger partial charge in [0, 0.05) is 8.95 Å². The molecule has 0 aliphatic heterocycles. The summed E-state index contributed by atoms with van der Waals surface area (Å²) in [6.45, 7) is 2.12. The maximum absolute atomic E-state index is 5.22. The zero-order valence-corrected chi connectivity index (χ0v) is 15.3. The number of aryl methyl sites for hydroxylation is 1. The van der Waals surface area contributed by atoms with Crippen LogP contribution in [0.15, 0.2) is 45.3 Å². The third-order valence-electron chi connectivity index (χ3n) is 2.99. The topological polar surface area (TPSA) is 9.23 Å². The lowest BCUT2D eigenvalue weighted by Crippen LogP contribution is -1.97. The molecule has 2 aromatic carbocycles. The van der Waals surface area contributed by atoms with E-state index in [4.69, 9.17) is 4.74 Å². The zero-order valence-electron chi connectivity index (χ0n) is 10.6. The molecular weight excluding hydrogens is 436 g/mol. The molecule has 2 rings (SSSR count). The summed E-state index contributed by atoms with van der Waals surface area (Å²) >= 11 is 10.9. The Kier molecular flexibility index (Phi) is 5.09. The zero-order chi connectivity index (χ0) is 14.0. The van der Waals surface area contributed by atoms with Gasteiger partial charge in [0.1, 0.15) is 5.75 Å². The summed E-state index contributed by atoms with van der Waals surface area (Å²) in [5.41, 5.74) is 3.69. The summed E-state index contributed by atoms with van der Waals surface area (Å²) in [6, 6.07) is 12.4. The summed E-state index contributed by atoms with van der Waals surface area (Å²) < 4.78 is 7.36. The van der Waals surface area contributed by atoms with Crippen molar-refractivity contribution in [3.8, 4) is 5.75 Å². The van der Waals surface area contributed by atoms with E-state index in [0.29, 0.717) is 0 Å². The average Bonchev–Trinajstić information content (AvgIpc) is 2.37. The van der Waals surface area contributed by atoms with Gasteiger partial charge in [0.2, 0.25) is 0 Å². The first kappa shape index (κ1) is 15.1. The van der Waals surface area contributed by atoms with E-state index in [2.05, 4.69) is 79.0 Å². The van der Waals surface area contributed by atoms with Gasteiger partial charge in [-0.1, -0.05) is 59.9 Å². The fourth-order valence-electron chi connectivity index (χ4n) is 1.93. The van der Waals surface area contributed by atoms with E-state index >= 15 is 0 Å². The van der Waals surface area contributed by atoms with Gasteiger partial charge in [-0.15, -0.1) is 0 Å². The molecule has 0 heterocycles.